The highest BCUT2D eigenvalue weighted by Gasteiger charge is 2.05. The predicted molar refractivity (Wildman–Crippen MR) is 61.6 cm³/mol. The highest BCUT2D eigenvalue weighted by atomic mass is 16.3. The number of aliphatic hydroxyl groups excluding tert-OH is 1. The molecular formula is C12H17N3O. The lowest BCUT2D eigenvalue weighted by Crippen LogP contribution is -2.28. The molecule has 0 saturated carbocycles. The van der Waals surface area contributed by atoms with Gasteiger partial charge in [-0.2, -0.15) is 5.26 Å². The van der Waals surface area contributed by atoms with Gasteiger partial charge in [0.2, 0.25) is 0 Å². The summed E-state index contributed by atoms with van der Waals surface area (Å²) in [5, 5.41) is 21.2. The number of aromatic nitrogens is 1. The molecule has 0 aliphatic heterocycles. The van der Waals surface area contributed by atoms with E-state index in [9.17, 15) is 5.11 Å². The molecule has 2 unspecified atom stereocenters. The van der Waals surface area contributed by atoms with Gasteiger partial charge in [0, 0.05) is 18.8 Å². The lowest BCUT2D eigenvalue weighted by Gasteiger charge is -2.15. The highest BCUT2D eigenvalue weighted by molar-refractivity contribution is 5.25. The van der Waals surface area contributed by atoms with Gasteiger partial charge in [0.15, 0.2) is 0 Å². The monoisotopic (exact) mass is 219 g/mol. The van der Waals surface area contributed by atoms with Crippen LogP contribution in [-0.2, 0) is 6.54 Å². The number of nitrogens with one attached hydrogen (secondary N) is 1. The van der Waals surface area contributed by atoms with Gasteiger partial charge in [0.1, 0.15) is 11.8 Å². The molecule has 2 N–H and O–H groups in total. The lowest BCUT2D eigenvalue weighted by molar-refractivity contribution is 0.170. The van der Waals surface area contributed by atoms with Gasteiger partial charge in [-0.15, -0.1) is 0 Å². The molecule has 0 aromatic carbocycles. The summed E-state index contributed by atoms with van der Waals surface area (Å²) in [4.78, 5) is 3.90. The third-order valence-electron chi connectivity index (χ3n) is 2.29. The van der Waals surface area contributed by atoms with Crippen molar-refractivity contribution in [2.45, 2.75) is 39.0 Å². The fourth-order valence-electron chi connectivity index (χ4n) is 1.53. The number of rotatable bonds is 5. The predicted octanol–water partition coefficient (Wildman–Crippen LogP) is 1.20. The molecule has 0 spiro atoms. The van der Waals surface area contributed by atoms with Crippen LogP contribution in [0.1, 0.15) is 31.5 Å². The topological polar surface area (TPSA) is 68.9 Å². The van der Waals surface area contributed by atoms with Crippen molar-refractivity contribution in [2.24, 2.45) is 0 Å². The van der Waals surface area contributed by atoms with Crippen LogP contribution >= 0.6 is 0 Å². The Hall–Kier alpha value is -1.44. The minimum absolute atomic E-state index is 0.249. The van der Waals surface area contributed by atoms with Gasteiger partial charge in [-0.1, -0.05) is 0 Å². The van der Waals surface area contributed by atoms with E-state index in [2.05, 4.69) is 10.3 Å². The van der Waals surface area contributed by atoms with E-state index in [1.165, 1.54) is 0 Å². The van der Waals surface area contributed by atoms with Crippen molar-refractivity contribution in [3.8, 4) is 6.07 Å². The van der Waals surface area contributed by atoms with E-state index < -0.39 is 0 Å². The summed E-state index contributed by atoms with van der Waals surface area (Å²) in [6.45, 7) is 4.49. The Bertz CT molecular complexity index is 371. The average Bonchev–Trinajstić information content (AvgIpc) is 2.26. The van der Waals surface area contributed by atoms with E-state index >= 15 is 0 Å². The zero-order valence-corrected chi connectivity index (χ0v) is 9.64. The zero-order valence-electron chi connectivity index (χ0n) is 9.64. The Morgan fingerprint density at radius 2 is 2.31 bits per heavy atom. The molecule has 0 aliphatic rings. The van der Waals surface area contributed by atoms with Gasteiger partial charge < -0.3 is 10.4 Å². The smallest absolute Gasteiger partial charge is 0.140 e. The lowest BCUT2D eigenvalue weighted by atomic mass is 10.1. The molecule has 0 bridgehead atoms. The third kappa shape index (κ3) is 4.39. The minimum Gasteiger partial charge on any atom is -0.393 e. The van der Waals surface area contributed by atoms with Crippen molar-refractivity contribution >= 4 is 0 Å². The van der Waals surface area contributed by atoms with Crippen LogP contribution < -0.4 is 5.32 Å². The fraction of sp³-hybridized carbons (Fsp3) is 0.500. The Morgan fingerprint density at radius 1 is 1.56 bits per heavy atom. The van der Waals surface area contributed by atoms with E-state index in [0.717, 1.165) is 12.0 Å². The first-order valence-corrected chi connectivity index (χ1v) is 5.38. The van der Waals surface area contributed by atoms with E-state index in [4.69, 9.17) is 5.26 Å². The largest absolute Gasteiger partial charge is 0.393 e. The Balaban J connectivity index is 2.45. The molecule has 2 atom stereocenters. The summed E-state index contributed by atoms with van der Waals surface area (Å²) in [7, 11) is 0. The summed E-state index contributed by atoms with van der Waals surface area (Å²) in [5.74, 6) is 0. The molecule has 0 amide bonds. The molecule has 86 valence electrons. The Morgan fingerprint density at radius 3 is 2.94 bits per heavy atom. The Kier molecular flexibility index (Phi) is 4.90. The fourth-order valence-corrected chi connectivity index (χ4v) is 1.53. The van der Waals surface area contributed by atoms with Crippen LogP contribution in [0.3, 0.4) is 0 Å². The SMILES string of the molecule is CC(O)CC(C)NCc1ccnc(C#N)c1. The van der Waals surface area contributed by atoms with Gasteiger partial charge in [0.05, 0.1) is 6.10 Å². The quantitative estimate of drug-likeness (QED) is 0.780. The van der Waals surface area contributed by atoms with Crippen LogP contribution in [0, 0.1) is 11.3 Å². The van der Waals surface area contributed by atoms with Crippen LogP contribution in [0.25, 0.3) is 0 Å². The first-order chi connectivity index (χ1) is 7.61. The summed E-state index contributed by atoms with van der Waals surface area (Å²) < 4.78 is 0. The number of pyridine rings is 1. The first-order valence-electron chi connectivity index (χ1n) is 5.38. The van der Waals surface area contributed by atoms with Crippen LogP contribution in [-0.4, -0.2) is 22.2 Å². The van der Waals surface area contributed by atoms with Crippen molar-refractivity contribution in [3.63, 3.8) is 0 Å². The molecule has 4 nitrogen and oxygen atoms in total. The highest BCUT2D eigenvalue weighted by Crippen LogP contribution is 2.03. The molecule has 1 aromatic rings. The Labute approximate surface area is 95.9 Å². The zero-order chi connectivity index (χ0) is 12.0. The summed E-state index contributed by atoms with van der Waals surface area (Å²) in [6.07, 6.45) is 2.06. The standard InChI is InChI=1S/C12H17N3O/c1-9(5-10(2)16)15-8-11-3-4-14-12(6-11)7-13/h3-4,6,9-10,15-16H,5,8H2,1-2H3. The molecule has 1 heterocycles. The molecule has 0 fully saturated rings. The maximum absolute atomic E-state index is 9.21. The van der Waals surface area contributed by atoms with Crippen molar-refractivity contribution in [1.82, 2.24) is 10.3 Å². The molecule has 0 saturated heterocycles. The summed E-state index contributed by atoms with van der Waals surface area (Å²) >= 11 is 0. The maximum atomic E-state index is 9.21. The summed E-state index contributed by atoms with van der Waals surface area (Å²) in [5.41, 5.74) is 1.46. The van der Waals surface area contributed by atoms with Crippen LogP contribution in [0.4, 0.5) is 0 Å². The molecular weight excluding hydrogens is 202 g/mol. The van der Waals surface area contributed by atoms with Gasteiger partial charge in [-0.25, -0.2) is 4.98 Å². The number of nitriles is 1. The number of nitrogens with zero attached hydrogens (tertiary/aromatic N) is 2. The molecule has 1 aromatic heterocycles. The number of aliphatic hydroxyl groups is 1. The van der Waals surface area contributed by atoms with Crippen molar-refractivity contribution in [1.29, 1.82) is 5.26 Å². The normalized spacial score (nSPS) is 14.1. The van der Waals surface area contributed by atoms with Crippen LogP contribution in [0.15, 0.2) is 18.3 Å². The second-order valence-corrected chi connectivity index (χ2v) is 4.03. The molecule has 1 rings (SSSR count). The summed E-state index contributed by atoms with van der Waals surface area (Å²) in [6, 6.07) is 5.90. The van der Waals surface area contributed by atoms with Gasteiger partial charge in [-0.05, 0) is 38.0 Å². The van der Waals surface area contributed by atoms with Gasteiger partial charge >= 0.3 is 0 Å². The average molecular weight is 219 g/mol. The van der Waals surface area contributed by atoms with Crippen LogP contribution in [0.2, 0.25) is 0 Å². The van der Waals surface area contributed by atoms with Gasteiger partial charge in [-0.3, -0.25) is 0 Å². The van der Waals surface area contributed by atoms with Crippen LogP contribution in [0.5, 0.6) is 0 Å². The molecule has 16 heavy (non-hydrogen) atoms. The van der Waals surface area contributed by atoms with Gasteiger partial charge in [0.25, 0.3) is 0 Å². The first kappa shape index (κ1) is 12.6. The second-order valence-electron chi connectivity index (χ2n) is 4.03. The van der Waals surface area contributed by atoms with E-state index in [-0.39, 0.29) is 12.1 Å². The maximum Gasteiger partial charge on any atom is 0.140 e. The van der Waals surface area contributed by atoms with Crippen molar-refractivity contribution in [2.75, 3.05) is 0 Å². The second kappa shape index (κ2) is 6.21. The van der Waals surface area contributed by atoms with E-state index in [1.54, 1.807) is 19.2 Å². The number of hydrogen-bond donors (Lipinski definition) is 2. The van der Waals surface area contributed by atoms with Crippen molar-refractivity contribution < 1.29 is 5.11 Å². The van der Waals surface area contributed by atoms with E-state index in [0.29, 0.717) is 12.2 Å². The van der Waals surface area contributed by atoms with Crippen molar-refractivity contribution in [3.05, 3.63) is 29.6 Å². The third-order valence-corrected chi connectivity index (χ3v) is 2.29. The molecule has 4 heteroatoms. The molecule has 0 radical (unpaired) electrons. The minimum atomic E-state index is -0.297. The van der Waals surface area contributed by atoms with E-state index in [1.807, 2.05) is 19.1 Å². The molecule has 0 aliphatic carbocycles. The number of hydrogen-bond acceptors (Lipinski definition) is 4.